The van der Waals surface area contributed by atoms with Gasteiger partial charge >= 0.3 is 5.97 Å². The highest BCUT2D eigenvalue weighted by atomic mass is 32.2. The Morgan fingerprint density at radius 1 is 1.07 bits per heavy atom. The van der Waals surface area contributed by atoms with Gasteiger partial charge in [-0.15, -0.1) is 0 Å². The van der Waals surface area contributed by atoms with Gasteiger partial charge in [-0.3, -0.25) is 9.69 Å². The van der Waals surface area contributed by atoms with E-state index in [1.54, 1.807) is 12.1 Å². The van der Waals surface area contributed by atoms with Crippen LogP contribution in [-0.4, -0.2) is 76.0 Å². The number of benzene rings is 2. The number of sulfone groups is 1. The maximum atomic E-state index is 14.7. The number of carboxylic acids is 1. The fourth-order valence-electron chi connectivity index (χ4n) is 5.64. The summed E-state index contributed by atoms with van der Waals surface area (Å²) in [6.45, 7) is 4.19. The number of nitrogens with zero attached hydrogens (tertiary/aromatic N) is 1. The molecule has 0 amide bonds. The van der Waals surface area contributed by atoms with E-state index in [-0.39, 0.29) is 30.0 Å². The van der Waals surface area contributed by atoms with Crippen molar-refractivity contribution < 1.29 is 36.9 Å². The Labute approximate surface area is 235 Å². The summed E-state index contributed by atoms with van der Waals surface area (Å²) in [5, 5.41) is 13.7. The molecule has 0 aromatic heterocycles. The number of hydrogen-bond donors (Lipinski definition) is 2. The molecular formula is C29H39FN2O7S. The Balaban J connectivity index is 1.47. The van der Waals surface area contributed by atoms with Gasteiger partial charge in [0.05, 0.1) is 24.5 Å². The van der Waals surface area contributed by atoms with Gasteiger partial charge in [-0.05, 0) is 54.8 Å². The summed E-state index contributed by atoms with van der Waals surface area (Å²) < 4.78 is 55.2. The zero-order valence-corrected chi connectivity index (χ0v) is 23.9. The van der Waals surface area contributed by atoms with Crippen LogP contribution in [0.4, 0.5) is 4.39 Å². The van der Waals surface area contributed by atoms with Crippen LogP contribution in [0.25, 0.3) is 0 Å². The molecule has 0 aliphatic carbocycles. The van der Waals surface area contributed by atoms with Crippen LogP contribution in [0, 0.1) is 11.7 Å². The molecule has 0 radical (unpaired) electrons. The van der Waals surface area contributed by atoms with Crippen LogP contribution < -0.4 is 19.5 Å². The maximum absolute atomic E-state index is 14.7. The van der Waals surface area contributed by atoms with E-state index in [1.165, 1.54) is 19.2 Å². The normalized spacial score (nSPS) is 20.6. The Bertz CT molecular complexity index is 1270. The lowest BCUT2D eigenvalue weighted by Crippen LogP contribution is -2.34. The van der Waals surface area contributed by atoms with Crippen LogP contribution in [0.1, 0.15) is 55.7 Å². The molecule has 0 bridgehead atoms. The smallest absolute Gasteiger partial charge is 0.309 e. The molecule has 3 atom stereocenters. The molecule has 1 fully saturated rings. The first-order chi connectivity index (χ1) is 19.2. The predicted octanol–water partition coefficient (Wildman–Crippen LogP) is 3.99. The van der Waals surface area contributed by atoms with Crippen LogP contribution >= 0.6 is 0 Å². The number of carbonyl (C=O) groups is 1. The number of hydrogen-bond acceptors (Lipinski definition) is 8. The summed E-state index contributed by atoms with van der Waals surface area (Å²) in [5.74, 6) is -1.03. The Kier molecular flexibility index (Phi) is 10.3. The third kappa shape index (κ3) is 7.24. The van der Waals surface area contributed by atoms with Crippen molar-refractivity contribution in [3.05, 3.63) is 53.3 Å². The Morgan fingerprint density at radius 3 is 2.55 bits per heavy atom. The first kappa shape index (κ1) is 30.1. The Morgan fingerprint density at radius 2 is 1.82 bits per heavy atom. The molecule has 220 valence electrons. The van der Waals surface area contributed by atoms with Crippen LogP contribution in [-0.2, 0) is 14.6 Å². The fraction of sp³-hybridized carbons (Fsp3) is 0.552. The minimum absolute atomic E-state index is 0.0961. The molecule has 2 aromatic carbocycles. The van der Waals surface area contributed by atoms with E-state index in [2.05, 4.69) is 10.2 Å². The van der Waals surface area contributed by atoms with Gasteiger partial charge < -0.3 is 24.6 Å². The molecule has 0 saturated carbocycles. The second kappa shape index (κ2) is 13.6. The number of halogens is 1. The summed E-state index contributed by atoms with van der Waals surface area (Å²) >= 11 is 0. The maximum Gasteiger partial charge on any atom is 0.309 e. The van der Waals surface area contributed by atoms with E-state index in [0.29, 0.717) is 56.1 Å². The van der Waals surface area contributed by atoms with E-state index in [9.17, 15) is 22.7 Å². The van der Waals surface area contributed by atoms with Gasteiger partial charge in [0.2, 0.25) is 6.79 Å². The number of nitrogens with one attached hydrogen (secondary N) is 1. The lowest BCUT2D eigenvalue weighted by molar-refractivity contribution is -0.143. The largest absolute Gasteiger partial charge is 0.494 e. The lowest BCUT2D eigenvalue weighted by Gasteiger charge is -2.27. The predicted molar refractivity (Wildman–Crippen MR) is 149 cm³/mol. The number of ether oxygens (including phenoxy) is 3. The van der Waals surface area contributed by atoms with E-state index < -0.39 is 33.6 Å². The Hall–Kier alpha value is -2.89. The van der Waals surface area contributed by atoms with E-state index in [0.717, 1.165) is 18.4 Å². The molecule has 11 heteroatoms. The highest BCUT2D eigenvalue weighted by Gasteiger charge is 2.47. The quantitative estimate of drug-likeness (QED) is 0.303. The highest BCUT2D eigenvalue weighted by molar-refractivity contribution is 7.91. The van der Waals surface area contributed by atoms with E-state index >= 15 is 0 Å². The summed E-state index contributed by atoms with van der Waals surface area (Å²) in [7, 11) is -1.66. The average Bonchev–Trinajstić information content (AvgIpc) is 3.55. The summed E-state index contributed by atoms with van der Waals surface area (Å²) in [6.07, 6.45) is 3.11. The second-order valence-electron chi connectivity index (χ2n) is 10.4. The zero-order valence-electron chi connectivity index (χ0n) is 23.1. The van der Waals surface area contributed by atoms with Crippen molar-refractivity contribution in [1.29, 1.82) is 0 Å². The molecule has 0 spiro atoms. The molecule has 4 rings (SSSR count). The third-order valence-corrected chi connectivity index (χ3v) is 9.49. The minimum Gasteiger partial charge on any atom is -0.494 e. The van der Waals surface area contributed by atoms with Gasteiger partial charge in [0.25, 0.3) is 0 Å². The van der Waals surface area contributed by atoms with Crippen LogP contribution in [0.5, 0.6) is 17.2 Å². The molecule has 2 aromatic rings. The van der Waals surface area contributed by atoms with Crippen molar-refractivity contribution in [3.63, 3.8) is 0 Å². The van der Waals surface area contributed by atoms with Crippen molar-refractivity contribution in [2.45, 2.75) is 44.6 Å². The van der Waals surface area contributed by atoms with Gasteiger partial charge in [0.15, 0.2) is 23.1 Å². The summed E-state index contributed by atoms with van der Waals surface area (Å²) in [5.41, 5.74) is 1.38. The number of likely N-dealkylation sites (tertiary alicyclic amines) is 1. The van der Waals surface area contributed by atoms with Crippen molar-refractivity contribution >= 4 is 15.8 Å². The fourth-order valence-corrected chi connectivity index (χ4v) is 7.08. The van der Waals surface area contributed by atoms with Gasteiger partial charge in [0, 0.05) is 31.6 Å². The van der Waals surface area contributed by atoms with Crippen LogP contribution in [0.2, 0.25) is 0 Å². The van der Waals surface area contributed by atoms with Crippen molar-refractivity contribution in [2.24, 2.45) is 5.92 Å². The molecule has 2 heterocycles. The minimum atomic E-state index is -3.05. The SMILES string of the molecule is CCCCCS(=O)(=O)CCCNCCN1C[C@H](c2ccc3c(c2)OCO3)[C@@H](C(=O)O)[C@@H]1c1ccc(OC)c(F)c1. The van der Waals surface area contributed by atoms with Gasteiger partial charge in [0.1, 0.15) is 9.84 Å². The first-order valence-corrected chi connectivity index (χ1v) is 15.7. The first-order valence-electron chi connectivity index (χ1n) is 13.8. The van der Waals surface area contributed by atoms with Crippen molar-refractivity contribution in [1.82, 2.24) is 10.2 Å². The highest BCUT2D eigenvalue weighted by Crippen LogP contribution is 2.47. The summed E-state index contributed by atoms with van der Waals surface area (Å²) in [6, 6.07) is 9.50. The monoisotopic (exact) mass is 578 g/mol. The van der Waals surface area contributed by atoms with E-state index in [4.69, 9.17) is 14.2 Å². The number of unbranched alkanes of at least 4 members (excludes halogenated alkanes) is 2. The standard InChI is InChI=1S/C29H39FN2O7S/c1-3-4-5-14-40(35,36)15-6-11-31-12-13-32-18-22(20-7-10-25-26(17-20)39-19-38-25)27(29(33)34)28(32)21-8-9-24(37-2)23(30)16-21/h7-10,16-17,22,27-28,31H,3-6,11-15,18-19H2,1-2H3,(H,33,34)/t22-,27-,28+/m1/s1. The van der Waals surface area contributed by atoms with Crippen LogP contribution in [0.3, 0.4) is 0 Å². The van der Waals surface area contributed by atoms with Crippen molar-refractivity contribution in [2.75, 3.05) is 51.6 Å². The molecule has 40 heavy (non-hydrogen) atoms. The van der Waals surface area contributed by atoms with Crippen LogP contribution in [0.15, 0.2) is 36.4 Å². The number of methoxy groups -OCH3 is 1. The number of rotatable bonds is 15. The number of aliphatic carboxylic acids is 1. The van der Waals surface area contributed by atoms with Gasteiger partial charge in [-0.25, -0.2) is 12.8 Å². The molecule has 2 N–H and O–H groups in total. The number of carboxylic acid groups (broad SMARTS) is 1. The van der Waals surface area contributed by atoms with Gasteiger partial charge in [-0.1, -0.05) is 31.9 Å². The second-order valence-corrected chi connectivity index (χ2v) is 12.7. The van der Waals surface area contributed by atoms with Crippen molar-refractivity contribution in [3.8, 4) is 17.2 Å². The molecule has 2 aliphatic rings. The zero-order chi connectivity index (χ0) is 28.7. The molecule has 1 saturated heterocycles. The topological polar surface area (TPSA) is 114 Å². The number of fused-ring (bicyclic) bond motifs is 1. The van der Waals surface area contributed by atoms with Gasteiger partial charge in [-0.2, -0.15) is 0 Å². The lowest BCUT2D eigenvalue weighted by atomic mass is 9.82. The third-order valence-electron chi connectivity index (χ3n) is 7.67. The molecule has 2 aliphatic heterocycles. The molecule has 0 unspecified atom stereocenters. The average molecular weight is 579 g/mol. The molecular weight excluding hydrogens is 539 g/mol. The van der Waals surface area contributed by atoms with E-state index in [1.807, 2.05) is 19.1 Å². The summed E-state index contributed by atoms with van der Waals surface area (Å²) in [4.78, 5) is 14.7. The molecule has 9 nitrogen and oxygen atoms in total.